The van der Waals surface area contributed by atoms with Crippen molar-refractivity contribution in [1.82, 2.24) is 14.9 Å². The molecular weight excluding hydrogens is 777 g/mol. The lowest BCUT2D eigenvalue weighted by Gasteiger charge is -2.32. The molecule has 11 nitrogen and oxygen atoms in total. The van der Waals surface area contributed by atoms with E-state index in [1.54, 1.807) is 36.4 Å². The third-order valence-corrected chi connectivity index (χ3v) is 12.7. The Labute approximate surface area is 339 Å². The van der Waals surface area contributed by atoms with Gasteiger partial charge in [0.05, 0.1) is 45.1 Å². The Hall–Kier alpha value is -6.03. The summed E-state index contributed by atoms with van der Waals surface area (Å²) >= 11 is 0. The molecule has 1 fully saturated rings. The van der Waals surface area contributed by atoms with Crippen LogP contribution in [0, 0.1) is 11.6 Å². The number of aryl methyl sites for hydroxylation is 1. The molecule has 2 N–H and O–H groups in total. The first-order valence-corrected chi connectivity index (χ1v) is 20.7. The molecule has 1 saturated heterocycles. The van der Waals surface area contributed by atoms with Crippen LogP contribution in [-0.4, -0.2) is 55.0 Å². The molecule has 0 saturated carbocycles. The summed E-state index contributed by atoms with van der Waals surface area (Å²) in [6, 6.07) is 26.1. The smallest absolute Gasteiger partial charge is 0.470 e. The third kappa shape index (κ3) is 6.82. The molecule has 7 aromatic rings. The average molecular weight is 817 g/mol. The van der Waals surface area contributed by atoms with Gasteiger partial charge in [-0.3, -0.25) is 9.52 Å². The van der Waals surface area contributed by atoms with Crippen molar-refractivity contribution >= 4 is 56.1 Å². The molecule has 2 aliphatic rings. The topological polar surface area (TPSA) is 134 Å². The number of aromatic nitrogens is 2. The summed E-state index contributed by atoms with van der Waals surface area (Å²) in [6.45, 7) is 8.08. The maximum atomic E-state index is 14.9. The number of fused-ring (bicyclic) bond motifs is 6. The van der Waals surface area contributed by atoms with Crippen molar-refractivity contribution in [1.29, 1.82) is 0 Å². The van der Waals surface area contributed by atoms with Gasteiger partial charge < -0.3 is 28.3 Å². The largest absolute Gasteiger partial charge is 0.494 e. The summed E-state index contributed by atoms with van der Waals surface area (Å²) in [4.78, 5) is 18.5. The minimum atomic E-state index is -4.02. The second-order valence-electron chi connectivity index (χ2n) is 15.7. The fourth-order valence-electron chi connectivity index (χ4n) is 7.50. The standard InChI is InChI=1S/C44H39BF2N4O7S/c1-43(2)44(3,4)58-45(57-43)27-13-9-25(10-14-27)19-20-59(53,54)50-34-23-38-31(39(42(52)48-5)41(56-38)26-11-15-28(46)16-12-26)21-30(34)33-17-18-37-40(49-33)36-22-29-32(47)7-6-8-35(29)51(36)24-55-37/h6-18,21-23,50H,19-20,24H2,1-5H3,(H,48,52). The Morgan fingerprint density at radius 1 is 0.898 bits per heavy atom. The van der Waals surface area contributed by atoms with E-state index in [0.717, 1.165) is 11.0 Å². The van der Waals surface area contributed by atoms with Gasteiger partial charge >= 0.3 is 7.12 Å². The number of amides is 1. The number of furan rings is 1. The van der Waals surface area contributed by atoms with Crippen molar-refractivity contribution in [2.45, 2.75) is 52.0 Å². The number of carbonyl (C=O) groups excluding carboxylic acids is 1. The lowest BCUT2D eigenvalue weighted by Crippen LogP contribution is -2.41. The van der Waals surface area contributed by atoms with Crippen LogP contribution in [0.3, 0.4) is 0 Å². The molecular formula is C44H39BF2N4O7S. The van der Waals surface area contributed by atoms with Crippen LogP contribution in [0.1, 0.15) is 43.6 Å². The fraction of sp³-hybridized carbons (Fsp3) is 0.227. The Morgan fingerprint density at radius 3 is 2.34 bits per heavy atom. The number of carbonyl (C=O) groups is 1. The van der Waals surface area contributed by atoms with Crippen LogP contribution < -0.4 is 20.2 Å². The minimum absolute atomic E-state index is 0.144. The summed E-state index contributed by atoms with van der Waals surface area (Å²) in [7, 11) is -3.08. The second kappa shape index (κ2) is 14.1. The van der Waals surface area contributed by atoms with E-state index >= 15 is 0 Å². The molecule has 0 bridgehead atoms. The summed E-state index contributed by atoms with van der Waals surface area (Å²) in [5, 5.41) is 3.44. The fourth-order valence-corrected chi connectivity index (χ4v) is 8.61. The number of nitrogens with zero attached hydrogens (tertiary/aromatic N) is 2. The molecule has 0 aliphatic carbocycles. The van der Waals surface area contributed by atoms with Gasteiger partial charge in [0.1, 0.15) is 34.4 Å². The van der Waals surface area contributed by atoms with Crippen molar-refractivity contribution in [2.75, 3.05) is 17.5 Å². The van der Waals surface area contributed by atoms with Crippen LogP contribution in [0.5, 0.6) is 5.75 Å². The lowest BCUT2D eigenvalue weighted by atomic mass is 9.79. The molecule has 0 spiro atoms. The maximum Gasteiger partial charge on any atom is 0.494 e. The molecule has 2 aliphatic heterocycles. The maximum absolute atomic E-state index is 14.9. The van der Waals surface area contributed by atoms with Crippen LogP contribution in [0.4, 0.5) is 14.5 Å². The molecule has 9 rings (SSSR count). The van der Waals surface area contributed by atoms with Gasteiger partial charge in [-0.1, -0.05) is 30.3 Å². The number of ether oxygens (including phenoxy) is 1. The highest BCUT2D eigenvalue weighted by atomic mass is 32.2. The van der Waals surface area contributed by atoms with Gasteiger partial charge in [0.15, 0.2) is 6.73 Å². The zero-order valence-corrected chi connectivity index (χ0v) is 33.7. The predicted molar refractivity (Wildman–Crippen MR) is 223 cm³/mol. The lowest BCUT2D eigenvalue weighted by molar-refractivity contribution is 0.00578. The van der Waals surface area contributed by atoms with Crippen LogP contribution in [0.15, 0.2) is 101 Å². The molecule has 3 aromatic heterocycles. The number of sulfonamides is 1. The van der Waals surface area contributed by atoms with Gasteiger partial charge in [-0.25, -0.2) is 22.2 Å². The highest BCUT2D eigenvalue weighted by Crippen LogP contribution is 2.43. The van der Waals surface area contributed by atoms with Crippen molar-refractivity contribution < 1.29 is 40.5 Å². The summed E-state index contributed by atoms with van der Waals surface area (Å²) in [5.74, 6) is -0.943. The first-order valence-electron chi connectivity index (χ1n) is 19.1. The van der Waals surface area contributed by atoms with E-state index in [2.05, 4.69) is 10.0 Å². The minimum Gasteiger partial charge on any atom is -0.470 e. The van der Waals surface area contributed by atoms with E-state index in [9.17, 15) is 22.0 Å². The van der Waals surface area contributed by atoms with E-state index in [1.807, 2.05) is 56.5 Å². The van der Waals surface area contributed by atoms with Gasteiger partial charge in [-0.2, -0.15) is 0 Å². The Bertz CT molecular complexity index is 2910. The van der Waals surface area contributed by atoms with E-state index < -0.39 is 40.1 Å². The van der Waals surface area contributed by atoms with Gasteiger partial charge in [0, 0.05) is 35.0 Å². The van der Waals surface area contributed by atoms with E-state index in [1.165, 1.54) is 43.4 Å². The van der Waals surface area contributed by atoms with E-state index in [0.29, 0.717) is 50.2 Å². The quantitative estimate of drug-likeness (QED) is 0.140. The molecule has 59 heavy (non-hydrogen) atoms. The van der Waals surface area contributed by atoms with Gasteiger partial charge in [-0.15, -0.1) is 0 Å². The number of benzene rings is 4. The molecule has 4 aromatic carbocycles. The number of halogens is 2. The molecule has 300 valence electrons. The predicted octanol–water partition coefficient (Wildman–Crippen LogP) is 8.05. The Morgan fingerprint density at radius 2 is 1.63 bits per heavy atom. The molecule has 0 radical (unpaired) electrons. The van der Waals surface area contributed by atoms with Crippen molar-refractivity contribution in [3.63, 3.8) is 0 Å². The number of rotatable bonds is 9. The van der Waals surface area contributed by atoms with Gasteiger partial charge in [0.25, 0.3) is 5.91 Å². The third-order valence-electron chi connectivity index (χ3n) is 11.4. The molecule has 0 atom stereocenters. The monoisotopic (exact) mass is 816 g/mol. The number of nitrogens with one attached hydrogen (secondary N) is 2. The number of hydrogen-bond donors (Lipinski definition) is 2. The first kappa shape index (κ1) is 38.5. The van der Waals surface area contributed by atoms with Gasteiger partial charge in [0.2, 0.25) is 10.0 Å². The van der Waals surface area contributed by atoms with Crippen LogP contribution in [0.2, 0.25) is 0 Å². The first-order chi connectivity index (χ1) is 28.1. The van der Waals surface area contributed by atoms with Gasteiger partial charge in [-0.05, 0) is 106 Å². The zero-order chi connectivity index (χ0) is 41.4. The summed E-state index contributed by atoms with van der Waals surface area (Å²) in [6.07, 6.45) is 0.197. The van der Waals surface area contributed by atoms with Crippen LogP contribution in [-0.2, 0) is 32.5 Å². The Kier molecular flexibility index (Phi) is 9.18. The molecule has 0 unspecified atom stereocenters. The highest BCUT2D eigenvalue weighted by Gasteiger charge is 2.51. The molecule has 15 heteroatoms. The highest BCUT2D eigenvalue weighted by molar-refractivity contribution is 7.92. The van der Waals surface area contributed by atoms with E-state index in [-0.39, 0.29) is 47.3 Å². The van der Waals surface area contributed by atoms with Crippen LogP contribution >= 0.6 is 0 Å². The SMILES string of the molecule is CNC(=O)c1c(-c2ccc(F)cc2)oc2cc(NS(=O)(=O)CCc3ccc(B4OC(C)(C)C(C)(C)O4)cc3)c(-c3ccc4c(n3)-c3cc5c(F)cccc5n3CO4)cc12. The number of hydrogen-bond acceptors (Lipinski definition) is 8. The van der Waals surface area contributed by atoms with E-state index in [4.69, 9.17) is 23.4 Å². The number of pyridine rings is 1. The summed E-state index contributed by atoms with van der Waals surface area (Å²) < 4.78 is 86.0. The number of anilines is 1. The van der Waals surface area contributed by atoms with Crippen molar-refractivity contribution in [3.05, 3.63) is 120 Å². The van der Waals surface area contributed by atoms with Crippen LogP contribution in [0.25, 0.3) is 55.8 Å². The average Bonchev–Trinajstić information content (AvgIpc) is 3.85. The second-order valence-corrected chi connectivity index (χ2v) is 17.6. The Balaban J connectivity index is 1.10. The molecule has 5 heterocycles. The van der Waals surface area contributed by atoms with Crippen molar-refractivity contribution in [3.8, 4) is 39.7 Å². The summed E-state index contributed by atoms with van der Waals surface area (Å²) in [5.41, 5.74) is 3.96. The van der Waals surface area contributed by atoms with Crippen molar-refractivity contribution in [2.24, 2.45) is 0 Å². The zero-order valence-electron chi connectivity index (χ0n) is 32.9. The molecule has 1 amide bonds. The normalized spacial score (nSPS) is 15.5.